The van der Waals surface area contributed by atoms with Crippen LogP contribution >= 0.6 is 22.9 Å². The highest BCUT2D eigenvalue weighted by atomic mass is 35.5. The first-order valence-corrected chi connectivity index (χ1v) is 12.2. The van der Waals surface area contributed by atoms with Gasteiger partial charge in [-0.3, -0.25) is 14.6 Å². The lowest BCUT2D eigenvalue weighted by molar-refractivity contribution is 0.0708. The lowest BCUT2D eigenvalue weighted by Gasteiger charge is -2.31. The van der Waals surface area contributed by atoms with E-state index in [2.05, 4.69) is 15.3 Å². The summed E-state index contributed by atoms with van der Waals surface area (Å²) in [5.74, 6) is -1.26. The highest BCUT2D eigenvalue weighted by molar-refractivity contribution is 7.10. The Labute approximate surface area is 209 Å². The first-order chi connectivity index (χ1) is 16.9. The number of hydrogen-bond donors (Lipinski definition) is 2. The molecule has 4 aromatic rings. The zero-order valence-corrected chi connectivity index (χ0v) is 19.9. The Hall–Kier alpha value is -3.56. The topological polar surface area (TPSA) is 95.4 Å². The van der Waals surface area contributed by atoms with Crippen LogP contribution in [0.4, 0.5) is 10.1 Å². The average molecular weight is 511 g/mol. The molecule has 2 amide bonds. The molecule has 3 heterocycles. The number of aromatic nitrogens is 2. The van der Waals surface area contributed by atoms with Crippen LogP contribution in [0.1, 0.15) is 44.6 Å². The maximum absolute atomic E-state index is 14.1. The number of halogens is 2. The van der Waals surface area contributed by atoms with Crippen LogP contribution in [0.25, 0.3) is 10.9 Å². The second kappa shape index (κ2) is 9.59. The molecule has 0 aliphatic carbocycles. The molecule has 5 rings (SSSR count). The van der Waals surface area contributed by atoms with Gasteiger partial charge in [0.2, 0.25) is 0 Å². The minimum absolute atomic E-state index is 0.0386. The first kappa shape index (κ1) is 23.2. The molecular weight excluding hydrogens is 491 g/mol. The minimum atomic E-state index is -0.627. The normalized spacial score (nSPS) is 14.3. The fraction of sp³-hybridized carbons (Fsp3) is 0.200. The molecule has 1 fully saturated rings. The van der Waals surface area contributed by atoms with Gasteiger partial charge >= 0.3 is 0 Å². The molecule has 1 aliphatic rings. The number of carbonyl (C=O) groups excluding carboxylic acids is 2. The van der Waals surface area contributed by atoms with E-state index < -0.39 is 11.7 Å². The SMILES string of the molecule is O=C(Nc1ccc(O)c2ncccc12)c1csc(C2CCN(C(=O)c3c(F)cccc3Cl)CC2)n1. The number of thiazole rings is 1. The number of phenols is 1. The summed E-state index contributed by atoms with van der Waals surface area (Å²) in [6.07, 6.45) is 2.88. The lowest BCUT2D eigenvalue weighted by atomic mass is 9.97. The zero-order chi connectivity index (χ0) is 24.5. The molecule has 1 aliphatic heterocycles. The third-order valence-corrected chi connectivity index (χ3v) is 7.38. The van der Waals surface area contributed by atoms with Crippen LogP contribution in [0.3, 0.4) is 0 Å². The fourth-order valence-electron chi connectivity index (χ4n) is 4.22. The van der Waals surface area contributed by atoms with Crippen molar-refractivity contribution in [3.63, 3.8) is 0 Å². The van der Waals surface area contributed by atoms with Crippen molar-refractivity contribution in [3.8, 4) is 5.75 Å². The molecule has 2 aromatic carbocycles. The van der Waals surface area contributed by atoms with Crippen LogP contribution in [0, 0.1) is 5.82 Å². The summed E-state index contributed by atoms with van der Waals surface area (Å²) in [5.41, 5.74) is 1.14. The summed E-state index contributed by atoms with van der Waals surface area (Å²) in [5, 5.41) is 16.1. The van der Waals surface area contributed by atoms with Crippen LogP contribution in [0.5, 0.6) is 5.75 Å². The van der Waals surface area contributed by atoms with E-state index in [0.717, 1.165) is 5.01 Å². The minimum Gasteiger partial charge on any atom is -0.506 e. The summed E-state index contributed by atoms with van der Waals surface area (Å²) in [7, 11) is 0. The van der Waals surface area contributed by atoms with Gasteiger partial charge < -0.3 is 15.3 Å². The third-order valence-electron chi connectivity index (χ3n) is 6.06. The zero-order valence-electron chi connectivity index (χ0n) is 18.4. The van der Waals surface area contributed by atoms with Crippen molar-refractivity contribution in [2.24, 2.45) is 0 Å². The van der Waals surface area contributed by atoms with E-state index in [1.54, 1.807) is 34.7 Å². The van der Waals surface area contributed by atoms with Crippen LogP contribution in [0.15, 0.2) is 54.0 Å². The second-order valence-corrected chi connectivity index (χ2v) is 9.52. The molecule has 0 spiro atoms. The molecule has 0 atom stereocenters. The smallest absolute Gasteiger partial charge is 0.275 e. The van der Waals surface area contributed by atoms with Crippen molar-refractivity contribution >= 4 is 51.3 Å². The second-order valence-electron chi connectivity index (χ2n) is 8.22. The van der Waals surface area contributed by atoms with E-state index in [1.165, 1.54) is 35.6 Å². The summed E-state index contributed by atoms with van der Waals surface area (Å²) in [4.78, 5) is 35.9. The number of carbonyl (C=O) groups is 2. The van der Waals surface area contributed by atoms with Gasteiger partial charge in [0.05, 0.1) is 21.3 Å². The van der Waals surface area contributed by atoms with Crippen LogP contribution in [-0.4, -0.2) is 44.9 Å². The summed E-state index contributed by atoms with van der Waals surface area (Å²) < 4.78 is 14.1. The molecule has 0 saturated carbocycles. The van der Waals surface area contributed by atoms with Crippen molar-refractivity contribution in [3.05, 3.63) is 81.1 Å². The Bertz CT molecular complexity index is 1420. The van der Waals surface area contributed by atoms with Gasteiger partial charge in [-0.2, -0.15) is 0 Å². The number of hydrogen-bond acceptors (Lipinski definition) is 6. The summed E-state index contributed by atoms with van der Waals surface area (Å²) in [6, 6.07) is 10.8. The molecule has 0 bridgehead atoms. The monoisotopic (exact) mass is 510 g/mol. The van der Waals surface area contributed by atoms with E-state index in [9.17, 15) is 19.1 Å². The molecule has 178 valence electrons. The predicted octanol–water partition coefficient (Wildman–Crippen LogP) is 5.46. The molecule has 10 heteroatoms. The van der Waals surface area contributed by atoms with Gasteiger partial charge in [0.1, 0.15) is 22.8 Å². The Morgan fingerprint density at radius 3 is 2.71 bits per heavy atom. The maximum atomic E-state index is 14.1. The van der Waals surface area contributed by atoms with E-state index in [1.807, 2.05) is 0 Å². The number of phenolic OH excluding ortho intramolecular Hbond substituents is 1. The van der Waals surface area contributed by atoms with Crippen LogP contribution in [0.2, 0.25) is 5.02 Å². The van der Waals surface area contributed by atoms with E-state index in [4.69, 9.17) is 11.6 Å². The number of piperidine rings is 1. The van der Waals surface area contributed by atoms with Gasteiger partial charge in [0.15, 0.2) is 0 Å². The van der Waals surface area contributed by atoms with Gasteiger partial charge in [0.25, 0.3) is 11.8 Å². The Morgan fingerprint density at radius 2 is 1.94 bits per heavy atom. The number of benzene rings is 2. The number of pyridine rings is 1. The standard InChI is InChI=1S/C25H20ClFN4O3S/c26-16-4-1-5-17(27)21(16)25(34)31-11-8-14(9-12-31)24-30-19(13-35-24)23(33)29-18-6-7-20(32)22-15(18)3-2-10-28-22/h1-7,10,13-14,32H,8-9,11-12H2,(H,29,33). The first-order valence-electron chi connectivity index (χ1n) is 11.0. The number of nitrogens with one attached hydrogen (secondary N) is 1. The van der Waals surface area contributed by atoms with Gasteiger partial charge in [-0.05, 0) is 49.2 Å². The number of fused-ring (bicyclic) bond motifs is 1. The van der Waals surface area contributed by atoms with Gasteiger partial charge in [-0.1, -0.05) is 17.7 Å². The van der Waals surface area contributed by atoms with Crippen LogP contribution < -0.4 is 5.32 Å². The number of likely N-dealkylation sites (tertiary alicyclic amines) is 1. The predicted molar refractivity (Wildman–Crippen MR) is 133 cm³/mol. The highest BCUT2D eigenvalue weighted by Crippen LogP contribution is 2.33. The number of nitrogens with zero attached hydrogens (tertiary/aromatic N) is 3. The Morgan fingerprint density at radius 1 is 1.14 bits per heavy atom. The molecule has 35 heavy (non-hydrogen) atoms. The van der Waals surface area contributed by atoms with Gasteiger partial charge in [-0.25, -0.2) is 9.37 Å². The fourth-order valence-corrected chi connectivity index (χ4v) is 5.44. The quantitative estimate of drug-likeness (QED) is 0.355. The van der Waals surface area contributed by atoms with Crippen molar-refractivity contribution < 1.29 is 19.1 Å². The summed E-state index contributed by atoms with van der Waals surface area (Å²) in [6.45, 7) is 0.892. The van der Waals surface area contributed by atoms with Crippen molar-refractivity contribution in [1.82, 2.24) is 14.9 Å². The Kier molecular flexibility index (Phi) is 6.36. The van der Waals surface area contributed by atoms with Crippen molar-refractivity contribution in [2.45, 2.75) is 18.8 Å². The number of aromatic hydroxyl groups is 1. The highest BCUT2D eigenvalue weighted by Gasteiger charge is 2.29. The molecule has 0 unspecified atom stereocenters. The molecule has 2 aromatic heterocycles. The lowest BCUT2D eigenvalue weighted by Crippen LogP contribution is -2.38. The molecule has 7 nitrogen and oxygen atoms in total. The maximum Gasteiger partial charge on any atom is 0.275 e. The molecule has 2 N–H and O–H groups in total. The van der Waals surface area contributed by atoms with Gasteiger partial charge in [0, 0.05) is 36.0 Å². The Balaban J connectivity index is 1.25. The number of anilines is 1. The molecule has 0 radical (unpaired) electrons. The van der Waals surface area contributed by atoms with E-state index in [0.29, 0.717) is 48.2 Å². The van der Waals surface area contributed by atoms with Crippen molar-refractivity contribution in [2.75, 3.05) is 18.4 Å². The molecule has 1 saturated heterocycles. The summed E-state index contributed by atoms with van der Waals surface area (Å²) >= 11 is 7.45. The van der Waals surface area contributed by atoms with Gasteiger partial charge in [-0.15, -0.1) is 11.3 Å². The van der Waals surface area contributed by atoms with E-state index in [-0.39, 0.29) is 28.2 Å². The average Bonchev–Trinajstić information content (AvgIpc) is 3.36. The largest absolute Gasteiger partial charge is 0.506 e. The molecular formula is C25H20ClFN4O3S. The van der Waals surface area contributed by atoms with Crippen LogP contribution in [-0.2, 0) is 0 Å². The number of amides is 2. The van der Waals surface area contributed by atoms with E-state index >= 15 is 0 Å². The third kappa shape index (κ3) is 4.56. The van der Waals surface area contributed by atoms with Crippen molar-refractivity contribution in [1.29, 1.82) is 0 Å². The number of rotatable bonds is 4.